The van der Waals surface area contributed by atoms with Gasteiger partial charge in [0.25, 0.3) is 0 Å². The van der Waals surface area contributed by atoms with Crippen molar-refractivity contribution >= 4 is 23.1 Å². The van der Waals surface area contributed by atoms with Crippen LogP contribution in [-0.4, -0.2) is 28.2 Å². The lowest BCUT2D eigenvalue weighted by atomic mass is 10.1. The molecule has 0 spiro atoms. The highest BCUT2D eigenvalue weighted by molar-refractivity contribution is 6.70. The number of carbonyl (C=O) groups is 1. The van der Waals surface area contributed by atoms with Crippen LogP contribution >= 0.6 is 0 Å². The van der Waals surface area contributed by atoms with Crippen molar-refractivity contribution in [3.8, 4) is 0 Å². The lowest BCUT2D eigenvalue weighted by Gasteiger charge is -2.21. The van der Waals surface area contributed by atoms with Crippen LogP contribution in [0, 0.1) is 0 Å². The largest absolute Gasteiger partial charge is 0.549 e. The molecule has 0 saturated carbocycles. The van der Waals surface area contributed by atoms with Crippen LogP contribution in [0.25, 0.3) is 0 Å². The van der Waals surface area contributed by atoms with Crippen LogP contribution in [0.15, 0.2) is 11.8 Å². The molecule has 0 aromatic rings. The summed E-state index contributed by atoms with van der Waals surface area (Å²) in [6, 6.07) is 0. The highest BCUT2D eigenvalue weighted by Gasteiger charge is 2.24. The maximum Gasteiger partial charge on any atom is 0.334 e. The number of hydrogen-bond acceptors (Lipinski definition) is 2. The smallest absolute Gasteiger partial charge is 0.334 e. The molecule has 0 saturated heterocycles. The molecule has 0 radical (unpaired) electrons. The Labute approximate surface area is 101 Å². The van der Waals surface area contributed by atoms with Gasteiger partial charge in [-0.15, -0.1) is 0 Å². The molecule has 1 N–H and O–H groups in total. The van der Waals surface area contributed by atoms with Crippen LogP contribution in [0.4, 0.5) is 0 Å². The van der Waals surface area contributed by atoms with Crippen molar-refractivity contribution in [2.75, 3.05) is 0 Å². The minimum Gasteiger partial charge on any atom is -0.549 e. The van der Waals surface area contributed by atoms with E-state index >= 15 is 0 Å². The summed E-state index contributed by atoms with van der Waals surface area (Å²) in [6.45, 7) is 12.6. The van der Waals surface area contributed by atoms with Gasteiger partial charge in [-0.2, -0.15) is 0 Å². The van der Waals surface area contributed by atoms with Gasteiger partial charge < -0.3 is 9.53 Å². The van der Waals surface area contributed by atoms with Gasteiger partial charge in [-0.3, -0.25) is 0 Å². The maximum atomic E-state index is 11.2. The average Bonchev–Trinajstić information content (AvgIpc) is 2.08. The van der Waals surface area contributed by atoms with Gasteiger partial charge in [0.2, 0.25) is 8.32 Å². The zero-order chi connectivity index (χ0) is 12.9. The number of rotatable bonds is 6. The highest BCUT2D eigenvalue weighted by atomic mass is 28.4. The van der Waals surface area contributed by atoms with E-state index in [1.807, 2.05) is 6.92 Å². The topological polar surface area (TPSA) is 46.5 Å². The van der Waals surface area contributed by atoms with E-state index in [0.717, 1.165) is 6.42 Å². The second kappa shape index (κ2) is 6.25. The van der Waals surface area contributed by atoms with E-state index in [4.69, 9.17) is 4.43 Å². The predicted octanol–water partition coefficient (Wildman–Crippen LogP) is 3.07. The van der Waals surface area contributed by atoms with Gasteiger partial charge in [-0.1, -0.05) is 26.4 Å². The number of aliphatic carboxylic acids is 1. The third kappa shape index (κ3) is 5.51. The van der Waals surface area contributed by atoms with E-state index in [-0.39, 0.29) is 5.54 Å². The Bertz CT molecular complexity index is 267. The fourth-order valence-electron chi connectivity index (χ4n) is 1.59. The molecule has 1 unspecified atom stereocenters. The molecule has 94 valence electrons. The molecule has 3 nitrogen and oxygen atoms in total. The molecule has 0 rings (SSSR count). The molecule has 0 bridgehead atoms. The maximum absolute atomic E-state index is 11.2. The van der Waals surface area contributed by atoms with Gasteiger partial charge in [0.05, 0.1) is 11.8 Å². The van der Waals surface area contributed by atoms with E-state index < -0.39 is 23.1 Å². The van der Waals surface area contributed by atoms with Gasteiger partial charge in [0, 0.05) is 8.80 Å². The summed E-state index contributed by atoms with van der Waals surface area (Å²) in [4.78, 5) is 11.2. The molecule has 0 aliphatic heterocycles. The zero-order valence-electron chi connectivity index (χ0n) is 11.2. The first kappa shape index (κ1) is 15.4. The zero-order valence-corrected chi connectivity index (χ0v) is 13.4. The average molecular weight is 260 g/mol. The summed E-state index contributed by atoms with van der Waals surface area (Å²) in [5, 5.41) is 9.21. The quantitative estimate of drug-likeness (QED) is 0.453. The fraction of sp³-hybridized carbons (Fsp3) is 0.727. The van der Waals surface area contributed by atoms with Crippen LogP contribution in [0.5, 0.6) is 0 Å². The second-order valence-electron chi connectivity index (χ2n) is 5.37. The molecule has 0 heterocycles. The van der Waals surface area contributed by atoms with Crippen molar-refractivity contribution in [1.82, 2.24) is 0 Å². The Morgan fingerprint density at radius 3 is 2.19 bits per heavy atom. The molecule has 0 aromatic heterocycles. The van der Waals surface area contributed by atoms with Crippen LogP contribution in [0.1, 0.15) is 13.3 Å². The molecule has 16 heavy (non-hydrogen) atoms. The van der Waals surface area contributed by atoms with Crippen molar-refractivity contribution in [3.63, 3.8) is 0 Å². The van der Waals surface area contributed by atoms with Gasteiger partial charge in [-0.05, 0) is 25.2 Å². The molecule has 0 aromatic carbocycles. The van der Waals surface area contributed by atoms with E-state index in [9.17, 15) is 9.90 Å². The van der Waals surface area contributed by atoms with Crippen molar-refractivity contribution in [1.29, 1.82) is 0 Å². The summed E-state index contributed by atoms with van der Waals surface area (Å²) in [5.74, 6) is -0.827. The van der Waals surface area contributed by atoms with E-state index in [1.54, 1.807) is 0 Å². The van der Waals surface area contributed by atoms with Crippen molar-refractivity contribution in [3.05, 3.63) is 11.8 Å². The minimum absolute atomic E-state index is 0.203. The van der Waals surface area contributed by atoms with Gasteiger partial charge in [0.1, 0.15) is 0 Å². The molecule has 0 fully saturated rings. The summed E-state index contributed by atoms with van der Waals surface area (Å²) in [7, 11) is -2.68. The Balaban J connectivity index is 4.92. The standard InChI is InChI=1S/C11H24O3Si2/c1-7-10(15(2)3)9(11(12)13)8-14-16(4,5)6/h8,10,15H,7H2,1-6H3,(H,12,13). The molecule has 5 heteroatoms. The van der Waals surface area contributed by atoms with E-state index in [1.165, 1.54) is 6.26 Å². The fourth-order valence-corrected chi connectivity index (χ4v) is 3.95. The molecule has 0 aliphatic rings. The van der Waals surface area contributed by atoms with Crippen LogP contribution in [-0.2, 0) is 9.22 Å². The van der Waals surface area contributed by atoms with E-state index in [0.29, 0.717) is 5.57 Å². The normalized spacial score (nSPS) is 15.1. The van der Waals surface area contributed by atoms with Crippen molar-refractivity contribution in [2.45, 2.75) is 51.6 Å². The van der Waals surface area contributed by atoms with Crippen molar-refractivity contribution in [2.24, 2.45) is 0 Å². The first-order valence-corrected chi connectivity index (χ1v) is 12.2. The highest BCUT2D eigenvalue weighted by Crippen LogP contribution is 2.26. The summed E-state index contributed by atoms with van der Waals surface area (Å²) in [6.07, 6.45) is 2.40. The van der Waals surface area contributed by atoms with Crippen molar-refractivity contribution < 1.29 is 14.3 Å². The molecule has 0 amide bonds. The summed E-state index contributed by atoms with van der Waals surface area (Å²) >= 11 is 0. The number of hydrogen-bond donors (Lipinski definition) is 1. The third-order valence-corrected chi connectivity index (χ3v) is 5.70. The van der Waals surface area contributed by atoms with Gasteiger partial charge >= 0.3 is 5.97 Å². The Morgan fingerprint density at radius 1 is 1.44 bits per heavy atom. The lowest BCUT2D eigenvalue weighted by Crippen LogP contribution is -2.25. The third-order valence-electron chi connectivity index (χ3n) is 2.43. The minimum atomic E-state index is -1.68. The van der Waals surface area contributed by atoms with E-state index in [2.05, 4.69) is 32.7 Å². The lowest BCUT2D eigenvalue weighted by molar-refractivity contribution is -0.132. The Hall–Kier alpha value is -0.556. The second-order valence-corrected chi connectivity index (χ2v) is 13.1. The number of carboxylic acid groups (broad SMARTS) is 1. The SMILES string of the molecule is CCC(C(=CO[Si](C)(C)C)C(=O)O)[SiH](C)C. The molecule has 0 aliphatic carbocycles. The molecular weight excluding hydrogens is 236 g/mol. The van der Waals surface area contributed by atoms with Crippen LogP contribution in [0.2, 0.25) is 38.3 Å². The van der Waals surface area contributed by atoms with Gasteiger partial charge in [-0.25, -0.2) is 4.79 Å². The predicted molar refractivity (Wildman–Crippen MR) is 73.1 cm³/mol. The Morgan fingerprint density at radius 2 is 1.94 bits per heavy atom. The van der Waals surface area contributed by atoms with Crippen LogP contribution in [0.3, 0.4) is 0 Å². The first-order chi connectivity index (χ1) is 7.19. The molecular formula is C11H24O3Si2. The summed E-state index contributed by atoms with van der Waals surface area (Å²) < 4.78 is 5.60. The number of carboxylic acids is 1. The van der Waals surface area contributed by atoms with Gasteiger partial charge in [0.15, 0.2) is 0 Å². The Kier molecular flexibility index (Phi) is 6.03. The van der Waals surface area contributed by atoms with Crippen LogP contribution < -0.4 is 0 Å². The molecule has 1 atom stereocenters. The summed E-state index contributed by atoms with van der Waals surface area (Å²) in [5.41, 5.74) is 0.667. The monoisotopic (exact) mass is 260 g/mol. The first-order valence-electron chi connectivity index (χ1n) is 5.80.